The second-order valence-corrected chi connectivity index (χ2v) is 10.4. The van der Waals surface area contributed by atoms with Gasteiger partial charge in [0.15, 0.2) is 12.1 Å². The topological polar surface area (TPSA) is 69.2 Å². The number of nitrogens with one attached hydrogen (secondary N) is 1. The Morgan fingerprint density at radius 3 is 1.91 bits per heavy atom. The number of rotatable bonds is 20. The van der Waals surface area contributed by atoms with Crippen LogP contribution < -0.4 is 5.32 Å². The SMILES string of the molecule is CCCCCCCCCCCCCCCCNC(CCO)C1OC2OC(C)(C)O[C@H]2C1OC. The van der Waals surface area contributed by atoms with Gasteiger partial charge in [-0.25, -0.2) is 0 Å². The minimum absolute atomic E-state index is 0.0304. The summed E-state index contributed by atoms with van der Waals surface area (Å²) in [5.41, 5.74) is 0. The summed E-state index contributed by atoms with van der Waals surface area (Å²) in [5.74, 6) is -0.648. The van der Waals surface area contributed by atoms with E-state index < -0.39 is 12.1 Å². The van der Waals surface area contributed by atoms with E-state index in [2.05, 4.69) is 12.2 Å². The van der Waals surface area contributed by atoms with Crippen LogP contribution in [-0.4, -0.2) is 61.8 Å². The summed E-state index contributed by atoms with van der Waals surface area (Å²) in [7, 11) is 1.70. The molecule has 0 bridgehead atoms. The molecule has 2 rings (SSSR count). The second kappa shape index (κ2) is 16.4. The molecule has 2 fully saturated rings. The lowest BCUT2D eigenvalue weighted by atomic mass is 10.0. The van der Waals surface area contributed by atoms with Gasteiger partial charge in [0.1, 0.15) is 18.3 Å². The molecule has 6 heteroatoms. The fraction of sp³-hybridized carbons (Fsp3) is 1.00. The fourth-order valence-electron chi connectivity index (χ4n) is 5.22. The Balaban J connectivity index is 1.51. The van der Waals surface area contributed by atoms with Gasteiger partial charge in [-0.1, -0.05) is 90.4 Å². The van der Waals surface area contributed by atoms with E-state index in [9.17, 15) is 5.11 Å². The maximum atomic E-state index is 9.57. The van der Waals surface area contributed by atoms with Gasteiger partial charge in [-0.3, -0.25) is 0 Å². The predicted octanol–water partition coefficient (Wildman–Crippen LogP) is 5.70. The van der Waals surface area contributed by atoms with E-state index in [0.29, 0.717) is 6.42 Å². The molecule has 5 atom stereocenters. The molecule has 0 aromatic rings. The van der Waals surface area contributed by atoms with E-state index in [1.807, 2.05) is 13.8 Å². The number of hydrogen-bond acceptors (Lipinski definition) is 6. The molecule has 2 aliphatic rings. The highest BCUT2D eigenvalue weighted by atomic mass is 16.8. The van der Waals surface area contributed by atoms with Gasteiger partial charge in [-0.15, -0.1) is 0 Å². The van der Waals surface area contributed by atoms with Crippen molar-refractivity contribution in [1.29, 1.82) is 0 Å². The summed E-state index contributed by atoms with van der Waals surface area (Å²) in [6.45, 7) is 7.13. The zero-order valence-electron chi connectivity index (χ0n) is 22.0. The predicted molar refractivity (Wildman–Crippen MR) is 133 cm³/mol. The maximum absolute atomic E-state index is 9.57. The molecule has 0 spiro atoms. The van der Waals surface area contributed by atoms with Crippen LogP contribution in [0, 0.1) is 0 Å². The molecule has 0 aromatic carbocycles. The molecule has 196 valence electrons. The van der Waals surface area contributed by atoms with E-state index in [1.54, 1.807) is 7.11 Å². The Kier molecular flexibility index (Phi) is 14.4. The third kappa shape index (κ3) is 10.5. The molecule has 0 aliphatic carbocycles. The molecule has 0 radical (unpaired) electrons. The zero-order valence-corrected chi connectivity index (χ0v) is 22.0. The number of methoxy groups -OCH3 is 1. The Hall–Kier alpha value is -0.240. The van der Waals surface area contributed by atoms with Crippen LogP contribution >= 0.6 is 0 Å². The summed E-state index contributed by atoms with van der Waals surface area (Å²) in [5, 5.41) is 13.2. The Morgan fingerprint density at radius 1 is 0.848 bits per heavy atom. The fourth-order valence-corrected chi connectivity index (χ4v) is 5.22. The van der Waals surface area contributed by atoms with Gasteiger partial charge < -0.3 is 29.4 Å². The van der Waals surface area contributed by atoms with Crippen LogP contribution in [0.15, 0.2) is 0 Å². The molecule has 33 heavy (non-hydrogen) atoms. The monoisotopic (exact) mass is 471 g/mol. The van der Waals surface area contributed by atoms with Crippen LogP contribution in [-0.2, 0) is 18.9 Å². The third-order valence-electron chi connectivity index (χ3n) is 7.07. The van der Waals surface area contributed by atoms with Crippen molar-refractivity contribution in [2.24, 2.45) is 0 Å². The molecule has 6 nitrogen and oxygen atoms in total. The van der Waals surface area contributed by atoms with Crippen molar-refractivity contribution in [3.63, 3.8) is 0 Å². The Bertz CT molecular complexity index is 489. The average Bonchev–Trinajstić information content (AvgIpc) is 3.26. The van der Waals surface area contributed by atoms with Crippen molar-refractivity contribution in [1.82, 2.24) is 5.32 Å². The number of unbranched alkanes of at least 4 members (excludes halogenated alkanes) is 13. The van der Waals surface area contributed by atoms with Gasteiger partial charge in [0, 0.05) is 19.8 Å². The van der Waals surface area contributed by atoms with E-state index >= 15 is 0 Å². The highest BCUT2D eigenvalue weighted by molar-refractivity contribution is 4.98. The molecular formula is C27H53NO5. The third-order valence-corrected chi connectivity index (χ3v) is 7.07. The highest BCUT2D eigenvalue weighted by Gasteiger charge is 2.56. The van der Waals surface area contributed by atoms with E-state index in [1.165, 1.54) is 83.5 Å². The average molecular weight is 472 g/mol. The number of hydrogen-bond donors (Lipinski definition) is 2. The molecule has 4 unspecified atom stereocenters. The number of aliphatic hydroxyl groups excluding tert-OH is 1. The zero-order chi connectivity index (χ0) is 23.9. The molecule has 2 saturated heterocycles. The number of aliphatic hydroxyl groups is 1. The van der Waals surface area contributed by atoms with Gasteiger partial charge in [-0.05, 0) is 33.2 Å². The minimum Gasteiger partial charge on any atom is -0.396 e. The molecular weight excluding hydrogens is 418 g/mol. The molecule has 2 N–H and O–H groups in total. The van der Waals surface area contributed by atoms with Crippen molar-refractivity contribution in [3.05, 3.63) is 0 Å². The van der Waals surface area contributed by atoms with Crippen molar-refractivity contribution < 1.29 is 24.1 Å². The molecule has 0 aromatic heterocycles. The summed E-state index contributed by atoms with van der Waals surface area (Å²) in [6, 6.07) is 0.0304. The van der Waals surface area contributed by atoms with E-state index in [-0.39, 0.29) is 31.0 Å². The number of ether oxygens (including phenoxy) is 4. The van der Waals surface area contributed by atoms with Crippen molar-refractivity contribution in [2.45, 2.75) is 154 Å². The first-order valence-electron chi connectivity index (χ1n) is 13.9. The first-order valence-corrected chi connectivity index (χ1v) is 13.9. The maximum Gasteiger partial charge on any atom is 0.190 e. The van der Waals surface area contributed by atoms with Crippen LogP contribution in [0.2, 0.25) is 0 Å². The largest absolute Gasteiger partial charge is 0.396 e. The first kappa shape index (κ1) is 29.0. The van der Waals surface area contributed by atoms with Crippen molar-refractivity contribution in [2.75, 3.05) is 20.3 Å². The van der Waals surface area contributed by atoms with Gasteiger partial charge in [0.2, 0.25) is 0 Å². The molecule has 0 amide bonds. The minimum atomic E-state index is -0.648. The van der Waals surface area contributed by atoms with E-state index in [0.717, 1.165) is 13.0 Å². The van der Waals surface area contributed by atoms with Crippen molar-refractivity contribution in [3.8, 4) is 0 Å². The first-order chi connectivity index (χ1) is 16.0. The summed E-state index contributed by atoms with van der Waals surface area (Å²) in [6.07, 6.45) is 18.7. The smallest absolute Gasteiger partial charge is 0.190 e. The van der Waals surface area contributed by atoms with Crippen LogP contribution in [0.1, 0.15) is 117 Å². The number of fused-ring (bicyclic) bond motifs is 1. The quantitative estimate of drug-likeness (QED) is 0.222. The Morgan fingerprint density at radius 2 is 1.39 bits per heavy atom. The summed E-state index contributed by atoms with van der Waals surface area (Å²) >= 11 is 0. The van der Waals surface area contributed by atoms with Gasteiger partial charge in [0.05, 0.1) is 0 Å². The van der Waals surface area contributed by atoms with Crippen LogP contribution in [0.25, 0.3) is 0 Å². The lowest BCUT2D eigenvalue weighted by Gasteiger charge is -2.30. The lowest BCUT2D eigenvalue weighted by molar-refractivity contribution is -0.220. The molecule has 0 saturated carbocycles. The second-order valence-electron chi connectivity index (χ2n) is 10.4. The van der Waals surface area contributed by atoms with Crippen LogP contribution in [0.4, 0.5) is 0 Å². The summed E-state index contributed by atoms with van der Waals surface area (Å²) in [4.78, 5) is 0. The lowest BCUT2D eigenvalue weighted by Crippen LogP contribution is -2.49. The molecule has 2 heterocycles. The normalized spacial score (nSPS) is 27.2. The highest BCUT2D eigenvalue weighted by Crippen LogP contribution is 2.39. The summed E-state index contributed by atoms with van der Waals surface area (Å²) < 4.78 is 23.8. The van der Waals surface area contributed by atoms with Gasteiger partial charge in [0.25, 0.3) is 0 Å². The van der Waals surface area contributed by atoms with Gasteiger partial charge >= 0.3 is 0 Å². The van der Waals surface area contributed by atoms with Crippen LogP contribution in [0.3, 0.4) is 0 Å². The van der Waals surface area contributed by atoms with Gasteiger partial charge in [-0.2, -0.15) is 0 Å². The molecule has 2 aliphatic heterocycles. The van der Waals surface area contributed by atoms with Crippen molar-refractivity contribution >= 4 is 0 Å². The standard InChI is InChI=1S/C27H53NO5/c1-5-6-7-8-9-10-11-12-13-14-15-16-17-18-20-28-22(19-21-29)23-24(30-4)25-26(31-23)33-27(2,3)32-25/h22-26,28-29H,5-21H2,1-4H3/t22?,23?,24?,25-,26?/m0/s1. The van der Waals surface area contributed by atoms with Crippen LogP contribution in [0.5, 0.6) is 0 Å². The van der Waals surface area contributed by atoms with E-state index in [4.69, 9.17) is 18.9 Å². The Labute approximate surface area is 203 Å².